The molecule has 2 aromatic rings. The molecule has 5 nitrogen and oxygen atoms in total. The van der Waals surface area contributed by atoms with E-state index < -0.39 is 0 Å². The maximum atomic E-state index is 12.3. The van der Waals surface area contributed by atoms with Crippen molar-refractivity contribution in [2.45, 2.75) is 31.8 Å². The Bertz CT molecular complexity index is 523. The second-order valence-corrected chi connectivity index (χ2v) is 5.49. The van der Waals surface area contributed by atoms with E-state index in [0.717, 1.165) is 19.4 Å². The summed E-state index contributed by atoms with van der Waals surface area (Å²) >= 11 is 1.69. The molecule has 0 N–H and O–H groups in total. The minimum Gasteiger partial charge on any atom is -0.336 e. The average Bonchev–Trinajstić information content (AvgIpc) is 3.14. The van der Waals surface area contributed by atoms with Gasteiger partial charge in [-0.1, -0.05) is 0 Å². The van der Waals surface area contributed by atoms with E-state index in [-0.39, 0.29) is 11.9 Å². The number of hydrogen-bond donors (Lipinski definition) is 0. The zero-order valence-electron chi connectivity index (χ0n) is 10.6. The normalized spacial score (nSPS) is 18.9. The van der Waals surface area contributed by atoms with Crippen LogP contribution in [0.1, 0.15) is 30.9 Å². The van der Waals surface area contributed by atoms with Crippen LogP contribution in [0.15, 0.2) is 29.5 Å². The molecule has 1 fully saturated rings. The molecule has 1 unspecified atom stereocenters. The smallest absolute Gasteiger partial charge is 0.224 e. The van der Waals surface area contributed by atoms with Crippen LogP contribution in [0.4, 0.5) is 0 Å². The predicted octanol–water partition coefficient (Wildman–Crippen LogP) is 2.09. The van der Waals surface area contributed by atoms with Crippen LogP contribution in [-0.2, 0) is 11.3 Å². The second kappa shape index (κ2) is 5.52. The standard InChI is InChI=1S/C13H16N4OS/c18-13(3-6-16-10-14-9-15-16)17-5-1-2-12(17)11-4-7-19-8-11/h4,7-10,12H,1-3,5-6H2. The Morgan fingerprint density at radius 2 is 2.47 bits per heavy atom. The van der Waals surface area contributed by atoms with Gasteiger partial charge in [-0.15, -0.1) is 0 Å². The lowest BCUT2D eigenvalue weighted by Crippen LogP contribution is -2.31. The molecule has 1 atom stereocenters. The number of thiophene rings is 1. The molecule has 0 bridgehead atoms. The van der Waals surface area contributed by atoms with E-state index in [0.29, 0.717) is 13.0 Å². The monoisotopic (exact) mass is 276 g/mol. The molecule has 100 valence electrons. The van der Waals surface area contributed by atoms with Gasteiger partial charge >= 0.3 is 0 Å². The molecule has 3 heterocycles. The van der Waals surface area contributed by atoms with E-state index in [1.807, 2.05) is 4.90 Å². The Morgan fingerprint density at radius 3 is 3.21 bits per heavy atom. The van der Waals surface area contributed by atoms with Crippen molar-refractivity contribution in [1.82, 2.24) is 19.7 Å². The number of hydrogen-bond acceptors (Lipinski definition) is 4. The summed E-state index contributed by atoms with van der Waals surface area (Å²) in [5.74, 6) is 0.212. The number of carbonyl (C=O) groups is 1. The summed E-state index contributed by atoms with van der Waals surface area (Å²) in [5, 5.41) is 8.24. The Hall–Kier alpha value is -1.69. The van der Waals surface area contributed by atoms with Crippen LogP contribution in [0.5, 0.6) is 0 Å². The molecule has 0 aromatic carbocycles. The summed E-state index contributed by atoms with van der Waals surface area (Å²) < 4.78 is 1.70. The number of nitrogens with zero attached hydrogens (tertiary/aromatic N) is 4. The van der Waals surface area contributed by atoms with Gasteiger partial charge in [0, 0.05) is 13.0 Å². The van der Waals surface area contributed by atoms with Crippen LogP contribution >= 0.6 is 11.3 Å². The second-order valence-electron chi connectivity index (χ2n) is 4.71. The van der Waals surface area contributed by atoms with E-state index in [1.54, 1.807) is 22.3 Å². The first kappa shape index (κ1) is 12.3. The van der Waals surface area contributed by atoms with Gasteiger partial charge in [0.05, 0.1) is 12.6 Å². The lowest BCUT2D eigenvalue weighted by molar-refractivity contribution is -0.132. The zero-order valence-corrected chi connectivity index (χ0v) is 11.4. The highest BCUT2D eigenvalue weighted by molar-refractivity contribution is 7.07. The van der Waals surface area contributed by atoms with Gasteiger partial charge in [0.15, 0.2) is 0 Å². The zero-order chi connectivity index (χ0) is 13.1. The van der Waals surface area contributed by atoms with Crippen molar-refractivity contribution in [2.75, 3.05) is 6.54 Å². The lowest BCUT2D eigenvalue weighted by atomic mass is 10.1. The van der Waals surface area contributed by atoms with E-state index >= 15 is 0 Å². The number of amides is 1. The summed E-state index contributed by atoms with van der Waals surface area (Å²) in [5.41, 5.74) is 1.27. The van der Waals surface area contributed by atoms with Crippen LogP contribution in [0.3, 0.4) is 0 Å². The molecule has 0 spiro atoms. The lowest BCUT2D eigenvalue weighted by Gasteiger charge is -2.24. The van der Waals surface area contributed by atoms with E-state index in [4.69, 9.17) is 0 Å². The quantitative estimate of drug-likeness (QED) is 0.859. The molecule has 6 heteroatoms. The third kappa shape index (κ3) is 2.68. The van der Waals surface area contributed by atoms with Crippen molar-refractivity contribution in [2.24, 2.45) is 0 Å². The molecule has 1 aliphatic rings. The van der Waals surface area contributed by atoms with Crippen molar-refractivity contribution >= 4 is 17.2 Å². The molecule has 3 rings (SSSR count). The van der Waals surface area contributed by atoms with Gasteiger partial charge < -0.3 is 4.90 Å². The molecular formula is C13H16N4OS. The fraction of sp³-hybridized carbons (Fsp3) is 0.462. The van der Waals surface area contributed by atoms with Crippen molar-refractivity contribution in [3.8, 4) is 0 Å². The number of likely N-dealkylation sites (tertiary alicyclic amines) is 1. The average molecular weight is 276 g/mol. The van der Waals surface area contributed by atoms with Crippen LogP contribution < -0.4 is 0 Å². The fourth-order valence-corrected chi connectivity index (χ4v) is 3.29. The molecule has 1 saturated heterocycles. The summed E-state index contributed by atoms with van der Waals surface area (Å²) in [7, 11) is 0. The van der Waals surface area contributed by atoms with E-state index in [9.17, 15) is 4.79 Å². The first-order valence-corrected chi connectivity index (χ1v) is 7.43. The van der Waals surface area contributed by atoms with Crippen LogP contribution in [-0.4, -0.2) is 32.1 Å². The van der Waals surface area contributed by atoms with E-state index in [1.165, 1.54) is 11.9 Å². The minimum atomic E-state index is 0.212. The van der Waals surface area contributed by atoms with Gasteiger partial charge in [-0.25, -0.2) is 4.98 Å². The molecule has 19 heavy (non-hydrogen) atoms. The molecule has 0 radical (unpaired) electrons. The Balaban J connectivity index is 1.62. The number of carbonyl (C=O) groups excluding carboxylic acids is 1. The Kier molecular flexibility index (Phi) is 3.59. The van der Waals surface area contributed by atoms with Gasteiger partial charge in [0.2, 0.25) is 5.91 Å². The molecule has 0 aliphatic carbocycles. The predicted molar refractivity (Wildman–Crippen MR) is 72.6 cm³/mol. The van der Waals surface area contributed by atoms with Crippen molar-refractivity contribution < 1.29 is 4.79 Å². The fourth-order valence-electron chi connectivity index (χ4n) is 2.58. The van der Waals surface area contributed by atoms with E-state index in [2.05, 4.69) is 26.9 Å². The SMILES string of the molecule is O=C(CCn1cncn1)N1CCCC1c1ccsc1. The molecule has 1 aliphatic heterocycles. The molecular weight excluding hydrogens is 260 g/mol. The maximum absolute atomic E-state index is 12.3. The molecule has 1 amide bonds. The molecule has 2 aromatic heterocycles. The summed E-state index contributed by atoms with van der Waals surface area (Å²) in [4.78, 5) is 18.2. The van der Waals surface area contributed by atoms with Crippen molar-refractivity contribution in [1.29, 1.82) is 0 Å². The first-order valence-electron chi connectivity index (χ1n) is 6.48. The van der Waals surface area contributed by atoms with Gasteiger partial charge in [-0.2, -0.15) is 16.4 Å². The number of rotatable bonds is 4. The summed E-state index contributed by atoms with van der Waals surface area (Å²) in [6, 6.07) is 2.40. The highest BCUT2D eigenvalue weighted by Gasteiger charge is 2.29. The maximum Gasteiger partial charge on any atom is 0.224 e. The van der Waals surface area contributed by atoms with Crippen LogP contribution in [0.2, 0.25) is 0 Å². The third-order valence-corrected chi connectivity index (χ3v) is 4.22. The summed E-state index contributed by atoms with van der Waals surface area (Å²) in [6.07, 6.45) is 5.80. The highest BCUT2D eigenvalue weighted by atomic mass is 32.1. The van der Waals surface area contributed by atoms with Crippen LogP contribution in [0, 0.1) is 0 Å². The van der Waals surface area contributed by atoms with Gasteiger partial charge in [-0.05, 0) is 35.2 Å². The minimum absolute atomic E-state index is 0.212. The topological polar surface area (TPSA) is 51.0 Å². The van der Waals surface area contributed by atoms with Crippen LogP contribution in [0.25, 0.3) is 0 Å². The Labute approximate surface area is 115 Å². The highest BCUT2D eigenvalue weighted by Crippen LogP contribution is 2.33. The van der Waals surface area contributed by atoms with Crippen molar-refractivity contribution in [3.05, 3.63) is 35.0 Å². The molecule has 0 saturated carbocycles. The number of aromatic nitrogens is 3. The summed E-state index contributed by atoms with van der Waals surface area (Å²) in [6.45, 7) is 1.47. The van der Waals surface area contributed by atoms with Gasteiger partial charge in [0.1, 0.15) is 12.7 Å². The third-order valence-electron chi connectivity index (χ3n) is 3.52. The van der Waals surface area contributed by atoms with Crippen molar-refractivity contribution in [3.63, 3.8) is 0 Å². The number of aryl methyl sites for hydroxylation is 1. The van der Waals surface area contributed by atoms with Gasteiger partial charge in [-0.3, -0.25) is 9.48 Å². The Morgan fingerprint density at radius 1 is 1.53 bits per heavy atom. The largest absolute Gasteiger partial charge is 0.336 e. The first-order chi connectivity index (χ1) is 9.34. The van der Waals surface area contributed by atoms with Gasteiger partial charge in [0.25, 0.3) is 0 Å².